The molecule has 19 heavy (non-hydrogen) atoms. The summed E-state index contributed by atoms with van der Waals surface area (Å²) in [6.45, 7) is 5.03. The third kappa shape index (κ3) is 3.65. The van der Waals surface area contributed by atoms with E-state index in [4.69, 9.17) is 5.84 Å². The van der Waals surface area contributed by atoms with Gasteiger partial charge in [-0.15, -0.1) is 0 Å². The Balaban J connectivity index is 1.86. The fraction of sp³-hybridized carbons (Fsp3) is 0.538. The van der Waals surface area contributed by atoms with Crippen molar-refractivity contribution in [2.75, 3.05) is 25.1 Å². The summed E-state index contributed by atoms with van der Waals surface area (Å²) in [5, 5.41) is 2.92. The molecule has 0 spiro atoms. The number of nitrogens with two attached hydrogens (primary N) is 1. The number of hydrogen-bond donors (Lipinski definition) is 3. The van der Waals surface area contributed by atoms with Crippen molar-refractivity contribution in [2.45, 2.75) is 25.8 Å². The first kappa shape index (κ1) is 13.8. The second-order valence-corrected chi connectivity index (χ2v) is 4.85. The first-order chi connectivity index (χ1) is 9.20. The second kappa shape index (κ2) is 6.49. The fourth-order valence-electron chi connectivity index (χ4n) is 2.28. The predicted octanol–water partition coefficient (Wildman–Crippen LogP) is 0.581. The molecule has 0 radical (unpaired) electrons. The van der Waals surface area contributed by atoms with Crippen LogP contribution in [0.25, 0.3) is 0 Å². The second-order valence-electron chi connectivity index (χ2n) is 4.85. The number of amides is 1. The average molecular weight is 263 g/mol. The minimum absolute atomic E-state index is 0.164. The summed E-state index contributed by atoms with van der Waals surface area (Å²) >= 11 is 0. The lowest BCUT2D eigenvalue weighted by Crippen LogP contribution is -2.40. The maximum absolute atomic E-state index is 12.0. The van der Waals surface area contributed by atoms with Crippen LogP contribution in [0.15, 0.2) is 18.2 Å². The molecule has 6 nitrogen and oxygen atoms in total. The van der Waals surface area contributed by atoms with Gasteiger partial charge in [0.25, 0.3) is 5.91 Å². The molecular weight excluding hydrogens is 242 g/mol. The molecule has 1 aromatic heterocycles. The van der Waals surface area contributed by atoms with Crippen LogP contribution in [0.3, 0.4) is 0 Å². The zero-order valence-corrected chi connectivity index (χ0v) is 11.2. The molecule has 0 aromatic carbocycles. The molecule has 4 N–H and O–H groups in total. The highest BCUT2D eigenvalue weighted by atomic mass is 16.1. The van der Waals surface area contributed by atoms with Crippen molar-refractivity contribution in [1.29, 1.82) is 0 Å². The third-order valence-corrected chi connectivity index (χ3v) is 3.45. The first-order valence-electron chi connectivity index (χ1n) is 6.66. The summed E-state index contributed by atoms with van der Waals surface area (Å²) in [4.78, 5) is 18.5. The van der Waals surface area contributed by atoms with Gasteiger partial charge in [0.05, 0.1) is 0 Å². The lowest BCUT2D eigenvalue weighted by atomic mass is 10.2. The molecule has 1 unspecified atom stereocenters. The molecular formula is C13H21N5O. The van der Waals surface area contributed by atoms with Crippen LogP contribution in [-0.4, -0.2) is 41.5 Å². The smallest absolute Gasteiger partial charge is 0.270 e. The van der Waals surface area contributed by atoms with Crippen LogP contribution in [-0.2, 0) is 0 Å². The summed E-state index contributed by atoms with van der Waals surface area (Å²) in [5.74, 6) is 5.60. The van der Waals surface area contributed by atoms with Gasteiger partial charge in [-0.25, -0.2) is 10.8 Å². The van der Waals surface area contributed by atoms with E-state index >= 15 is 0 Å². The van der Waals surface area contributed by atoms with E-state index in [-0.39, 0.29) is 5.91 Å². The van der Waals surface area contributed by atoms with Gasteiger partial charge in [-0.2, -0.15) is 0 Å². The topological polar surface area (TPSA) is 83.3 Å². The van der Waals surface area contributed by atoms with Crippen LogP contribution < -0.4 is 16.6 Å². The summed E-state index contributed by atoms with van der Waals surface area (Å²) in [7, 11) is 0. The number of rotatable bonds is 5. The number of likely N-dealkylation sites (tertiary alicyclic amines) is 1. The van der Waals surface area contributed by atoms with Crippen LogP contribution in [0.2, 0.25) is 0 Å². The van der Waals surface area contributed by atoms with Gasteiger partial charge in [-0.3, -0.25) is 9.69 Å². The summed E-state index contributed by atoms with van der Waals surface area (Å²) in [6.07, 6.45) is 2.51. The molecule has 1 atom stereocenters. The Morgan fingerprint density at radius 1 is 1.47 bits per heavy atom. The highest BCUT2D eigenvalue weighted by Gasteiger charge is 2.18. The standard InChI is InChI=1S/C13H21N5O/c1-10(18-7-2-3-8-18)9-15-13(19)11-5-4-6-12(16-11)17-14/h4-6,10H,2-3,7-9,14H2,1H3,(H,15,19)(H,16,17). The van der Waals surface area contributed by atoms with E-state index in [0.29, 0.717) is 24.1 Å². The van der Waals surface area contributed by atoms with Crippen molar-refractivity contribution in [3.05, 3.63) is 23.9 Å². The average Bonchev–Trinajstić information content (AvgIpc) is 2.98. The fourth-order valence-corrected chi connectivity index (χ4v) is 2.28. The largest absolute Gasteiger partial charge is 0.349 e. The molecule has 6 heteroatoms. The Bertz CT molecular complexity index is 431. The van der Waals surface area contributed by atoms with Crippen molar-refractivity contribution in [2.24, 2.45) is 5.84 Å². The van der Waals surface area contributed by atoms with E-state index in [1.54, 1.807) is 18.2 Å². The van der Waals surface area contributed by atoms with Gasteiger partial charge in [0.15, 0.2) is 0 Å². The van der Waals surface area contributed by atoms with E-state index in [1.165, 1.54) is 12.8 Å². The molecule has 2 heterocycles. The molecule has 1 fully saturated rings. The van der Waals surface area contributed by atoms with Gasteiger partial charge in [-0.05, 0) is 45.0 Å². The molecule has 1 saturated heterocycles. The molecule has 0 saturated carbocycles. The summed E-state index contributed by atoms with van der Waals surface area (Å²) in [6, 6.07) is 5.50. The molecule has 104 valence electrons. The van der Waals surface area contributed by atoms with E-state index < -0.39 is 0 Å². The van der Waals surface area contributed by atoms with Crippen molar-refractivity contribution in [1.82, 2.24) is 15.2 Å². The van der Waals surface area contributed by atoms with Gasteiger partial charge >= 0.3 is 0 Å². The number of nitrogens with one attached hydrogen (secondary N) is 2. The Hall–Kier alpha value is -1.66. The quantitative estimate of drug-likeness (QED) is 0.535. The minimum Gasteiger partial charge on any atom is -0.349 e. The number of anilines is 1. The van der Waals surface area contributed by atoms with Crippen molar-refractivity contribution >= 4 is 11.7 Å². The number of nitrogen functional groups attached to an aromatic ring is 1. The molecule has 2 rings (SSSR count). The molecule has 1 amide bonds. The van der Waals surface area contributed by atoms with Crippen LogP contribution in [0.5, 0.6) is 0 Å². The van der Waals surface area contributed by atoms with Crippen LogP contribution in [0.4, 0.5) is 5.82 Å². The maximum atomic E-state index is 12.0. The minimum atomic E-state index is -0.164. The Morgan fingerprint density at radius 2 is 2.21 bits per heavy atom. The zero-order valence-electron chi connectivity index (χ0n) is 11.2. The van der Waals surface area contributed by atoms with Gasteiger partial charge in [-0.1, -0.05) is 6.07 Å². The summed E-state index contributed by atoms with van der Waals surface area (Å²) < 4.78 is 0. The normalized spacial score (nSPS) is 17.2. The molecule has 0 aliphatic carbocycles. The number of aromatic nitrogens is 1. The Kier molecular flexibility index (Phi) is 4.70. The number of hydrazine groups is 1. The predicted molar refractivity (Wildman–Crippen MR) is 74.6 cm³/mol. The van der Waals surface area contributed by atoms with Crippen molar-refractivity contribution in [3.63, 3.8) is 0 Å². The Morgan fingerprint density at radius 3 is 2.89 bits per heavy atom. The van der Waals surface area contributed by atoms with Crippen LogP contribution >= 0.6 is 0 Å². The first-order valence-corrected chi connectivity index (χ1v) is 6.66. The maximum Gasteiger partial charge on any atom is 0.270 e. The highest BCUT2D eigenvalue weighted by molar-refractivity contribution is 5.92. The summed E-state index contributed by atoms with van der Waals surface area (Å²) in [5.41, 5.74) is 2.81. The van der Waals surface area contributed by atoms with E-state index in [0.717, 1.165) is 13.1 Å². The third-order valence-electron chi connectivity index (χ3n) is 3.45. The van der Waals surface area contributed by atoms with Crippen molar-refractivity contribution < 1.29 is 4.79 Å². The zero-order chi connectivity index (χ0) is 13.7. The van der Waals surface area contributed by atoms with Gasteiger partial charge in [0.2, 0.25) is 0 Å². The molecule has 1 aromatic rings. The SMILES string of the molecule is CC(CNC(=O)c1cccc(NN)n1)N1CCCC1. The lowest BCUT2D eigenvalue weighted by Gasteiger charge is -2.23. The number of carbonyl (C=O) groups excluding carboxylic acids is 1. The van der Waals surface area contributed by atoms with Crippen LogP contribution in [0, 0.1) is 0 Å². The molecule has 1 aliphatic heterocycles. The van der Waals surface area contributed by atoms with Gasteiger partial charge in [0, 0.05) is 12.6 Å². The number of carbonyl (C=O) groups is 1. The highest BCUT2D eigenvalue weighted by Crippen LogP contribution is 2.11. The number of hydrogen-bond acceptors (Lipinski definition) is 5. The molecule has 0 bridgehead atoms. The number of pyridine rings is 1. The Labute approximate surface area is 113 Å². The van der Waals surface area contributed by atoms with Gasteiger partial charge in [0.1, 0.15) is 11.5 Å². The van der Waals surface area contributed by atoms with Crippen molar-refractivity contribution in [3.8, 4) is 0 Å². The van der Waals surface area contributed by atoms with E-state index in [2.05, 4.69) is 27.6 Å². The van der Waals surface area contributed by atoms with E-state index in [9.17, 15) is 4.79 Å². The van der Waals surface area contributed by atoms with Gasteiger partial charge < -0.3 is 10.7 Å². The van der Waals surface area contributed by atoms with E-state index in [1.807, 2.05) is 0 Å². The molecule has 1 aliphatic rings. The number of nitrogens with zero attached hydrogens (tertiary/aromatic N) is 2. The lowest BCUT2D eigenvalue weighted by molar-refractivity contribution is 0.0935. The van der Waals surface area contributed by atoms with Crippen LogP contribution in [0.1, 0.15) is 30.3 Å². The monoisotopic (exact) mass is 263 g/mol.